The summed E-state index contributed by atoms with van der Waals surface area (Å²) in [6.07, 6.45) is 2.20. The van der Waals surface area contributed by atoms with Gasteiger partial charge in [-0.25, -0.2) is 9.67 Å². The lowest BCUT2D eigenvalue weighted by Crippen LogP contribution is -2.19. The van der Waals surface area contributed by atoms with Gasteiger partial charge in [-0.1, -0.05) is 13.8 Å². The molecule has 6 heteroatoms. The first-order valence-corrected chi connectivity index (χ1v) is 6.75. The summed E-state index contributed by atoms with van der Waals surface area (Å²) in [5, 5.41) is 14.1. The van der Waals surface area contributed by atoms with Gasteiger partial charge in [0, 0.05) is 26.7 Å². The maximum atomic E-state index is 9.94. The number of aromatic nitrogens is 3. The van der Waals surface area contributed by atoms with E-state index < -0.39 is 6.10 Å². The van der Waals surface area contributed by atoms with E-state index in [9.17, 15) is 5.11 Å². The van der Waals surface area contributed by atoms with Crippen molar-refractivity contribution >= 4 is 0 Å². The van der Waals surface area contributed by atoms with Gasteiger partial charge in [-0.3, -0.25) is 0 Å². The summed E-state index contributed by atoms with van der Waals surface area (Å²) in [5.41, 5.74) is 0. The Kier molecular flexibility index (Phi) is 7.62. The van der Waals surface area contributed by atoms with E-state index in [0.29, 0.717) is 38.6 Å². The first-order valence-electron chi connectivity index (χ1n) is 6.75. The van der Waals surface area contributed by atoms with Gasteiger partial charge in [0.25, 0.3) is 0 Å². The fraction of sp³-hybridized carbons (Fsp3) is 0.846. The molecule has 0 bridgehead atoms. The van der Waals surface area contributed by atoms with Gasteiger partial charge in [0.15, 0.2) is 0 Å². The van der Waals surface area contributed by atoms with Crippen molar-refractivity contribution in [2.75, 3.05) is 26.9 Å². The minimum absolute atomic E-state index is 0.447. The maximum absolute atomic E-state index is 9.94. The molecule has 0 aliphatic rings. The molecule has 0 amide bonds. The van der Waals surface area contributed by atoms with E-state index in [0.717, 1.165) is 12.4 Å². The largest absolute Gasteiger partial charge is 0.393 e. The molecule has 0 fully saturated rings. The predicted molar refractivity (Wildman–Crippen MR) is 71.9 cm³/mol. The molecule has 0 aliphatic carbocycles. The first kappa shape index (κ1) is 16.1. The normalized spacial score (nSPS) is 13.1. The molecule has 1 N–H and O–H groups in total. The van der Waals surface area contributed by atoms with Crippen LogP contribution in [0.5, 0.6) is 0 Å². The van der Waals surface area contributed by atoms with Crippen LogP contribution in [0.1, 0.15) is 26.1 Å². The van der Waals surface area contributed by atoms with Crippen LogP contribution >= 0.6 is 0 Å². The Balaban J connectivity index is 2.27. The Morgan fingerprint density at radius 2 is 2.11 bits per heavy atom. The monoisotopic (exact) mass is 271 g/mol. The molecule has 0 radical (unpaired) electrons. The number of methoxy groups -OCH3 is 1. The third-order valence-electron chi connectivity index (χ3n) is 2.68. The lowest BCUT2D eigenvalue weighted by Gasteiger charge is -2.12. The van der Waals surface area contributed by atoms with Crippen LogP contribution in [0.15, 0.2) is 6.33 Å². The standard InChI is InChI=1S/C13H25N3O3/c1-11(2)9-16-13(14-10-15-16)8-12(17)4-5-19-7-6-18-3/h10-12,17H,4-9H2,1-3H3. The summed E-state index contributed by atoms with van der Waals surface area (Å²) in [6, 6.07) is 0. The van der Waals surface area contributed by atoms with Gasteiger partial charge in [-0.15, -0.1) is 0 Å². The Bertz CT molecular complexity index is 342. The lowest BCUT2D eigenvalue weighted by atomic mass is 10.2. The molecule has 6 nitrogen and oxygen atoms in total. The van der Waals surface area contributed by atoms with E-state index in [4.69, 9.17) is 9.47 Å². The molecular weight excluding hydrogens is 246 g/mol. The molecule has 1 atom stereocenters. The number of rotatable bonds is 10. The minimum Gasteiger partial charge on any atom is -0.393 e. The van der Waals surface area contributed by atoms with Crippen LogP contribution in [0.25, 0.3) is 0 Å². The van der Waals surface area contributed by atoms with Crippen LogP contribution in [-0.4, -0.2) is 52.9 Å². The van der Waals surface area contributed by atoms with Crippen molar-refractivity contribution in [2.24, 2.45) is 5.92 Å². The van der Waals surface area contributed by atoms with E-state index in [2.05, 4.69) is 23.9 Å². The highest BCUT2D eigenvalue weighted by Crippen LogP contribution is 2.06. The second-order valence-electron chi connectivity index (χ2n) is 5.00. The number of aliphatic hydroxyl groups excluding tert-OH is 1. The molecule has 1 aromatic rings. The molecule has 110 valence electrons. The molecule has 1 aromatic heterocycles. The number of aliphatic hydroxyl groups is 1. The third kappa shape index (κ3) is 6.66. The number of ether oxygens (including phenoxy) is 2. The Morgan fingerprint density at radius 3 is 2.79 bits per heavy atom. The number of hydrogen-bond acceptors (Lipinski definition) is 5. The van der Waals surface area contributed by atoms with Crippen molar-refractivity contribution in [3.8, 4) is 0 Å². The third-order valence-corrected chi connectivity index (χ3v) is 2.68. The lowest BCUT2D eigenvalue weighted by molar-refractivity contribution is 0.0472. The zero-order valence-electron chi connectivity index (χ0n) is 12.1. The minimum atomic E-state index is -0.447. The zero-order valence-corrected chi connectivity index (χ0v) is 12.1. The highest BCUT2D eigenvalue weighted by atomic mass is 16.5. The highest BCUT2D eigenvalue weighted by molar-refractivity contribution is 4.87. The average Bonchev–Trinajstić information content (AvgIpc) is 2.75. The van der Waals surface area contributed by atoms with E-state index in [-0.39, 0.29) is 0 Å². The Labute approximate surface area is 114 Å². The first-order chi connectivity index (χ1) is 9.13. The van der Waals surface area contributed by atoms with Crippen LogP contribution in [0.3, 0.4) is 0 Å². The fourth-order valence-corrected chi connectivity index (χ4v) is 1.72. The molecule has 0 aromatic carbocycles. The summed E-state index contributed by atoms with van der Waals surface area (Å²) in [5.74, 6) is 1.34. The van der Waals surface area contributed by atoms with Crippen LogP contribution in [0.4, 0.5) is 0 Å². The van der Waals surface area contributed by atoms with Crippen molar-refractivity contribution in [3.05, 3.63) is 12.2 Å². The summed E-state index contributed by atoms with van der Waals surface area (Å²) < 4.78 is 12.1. The molecular formula is C13H25N3O3. The highest BCUT2D eigenvalue weighted by Gasteiger charge is 2.12. The van der Waals surface area contributed by atoms with Crippen molar-refractivity contribution in [1.29, 1.82) is 0 Å². The van der Waals surface area contributed by atoms with E-state index in [1.165, 1.54) is 0 Å². The summed E-state index contributed by atoms with van der Waals surface area (Å²) in [6.45, 7) is 6.76. The summed E-state index contributed by atoms with van der Waals surface area (Å²) >= 11 is 0. The Morgan fingerprint density at radius 1 is 1.32 bits per heavy atom. The molecule has 0 spiro atoms. The second kappa shape index (κ2) is 9.01. The number of hydrogen-bond donors (Lipinski definition) is 1. The molecule has 1 heterocycles. The maximum Gasteiger partial charge on any atom is 0.138 e. The van der Waals surface area contributed by atoms with Gasteiger partial charge >= 0.3 is 0 Å². The summed E-state index contributed by atoms with van der Waals surface area (Å²) in [7, 11) is 1.64. The van der Waals surface area contributed by atoms with Gasteiger partial charge in [-0.05, 0) is 12.3 Å². The van der Waals surface area contributed by atoms with Crippen molar-refractivity contribution < 1.29 is 14.6 Å². The van der Waals surface area contributed by atoms with Gasteiger partial charge in [-0.2, -0.15) is 5.10 Å². The molecule has 0 saturated carbocycles. The van der Waals surface area contributed by atoms with Crippen molar-refractivity contribution in [2.45, 2.75) is 39.3 Å². The van der Waals surface area contributed by atoms with Gasteiger partial charge < -0.3 is 14.6 Å². The summed E-state index contributed by atoms with van der Waals surface area (Å²) in [4.78, 5) is 4.20. The van der Waals surface area contributed by atoms with E-state index >= 15 is 0 Å². The molecule has 0 aliphatic heterocycles. The van der Waals surface area contributed by atoms with E-state index in [1.807, 2.05) is 4.68 Å². The van der Waals surface area contributed by atoms with Gasteiger partial charge in [0.2, 0.25) is 0 Å². The fourth-order valence-electron chi connectivity index (χ4n) is 1.72. The van der Waals surface area contributed by atoms with E-state index in [1.54, 1.807) is 13.4 Å². The Hall–Kier alpha value is -0.980. The topological polar surface area (TPSA) is 69.4 Å². The molecule has 0 saturated heterocycles. The van der Waals surface area contributed by atoms with Crippen molar-refractivity contribution in [3.63, 3.8) is 0 Å². The van der Waals surface area contributed by atoms with Crippen molar-refractivity contribution in [1.82, 2.24) is 14.8 Å². The molecule has 1 rings (SSSR count). The van der Waals surface area contributed by atoms with Gasteiger partial charge in [0.1, 0.15) is 12.2 Å². The second-order valence-corrected chi connectivity index (χ2v) is 5.00. The number of nitrogens with zero attached hydrogens (tertiary/aromatic N) is 3. The average molecular weight is 271 g/mol. The SMILES string of the molecule is COCCOCCC(O)Cc1ncnn1CC(C)C. The van der Waals surface area contributed by atoms with Crippen LogP contribution in [0, 0.1) is 5.92 Å². The zero-order chi connectivity index (χ0) is 14.1. The molecule has 19 heavy (non-hydrogen) atoms. The molecule has 1 unspecified atom stereocenters. The van der Waals surface area contributed by atoms with Crippen LogP contribution in [0.2, 0.25) is 0 Å². The quantitative estimate of drug-likeness (QED) is 0.640. The van der Waals surface area contributed by atoms with Crippen LogP contribution < -0.4 is 0 Å². The van der Waals surface area contributed by atoms with Crippen LogP contribution in [-0.2, 0) is 22.4 Å². The smallest absolute Gasteiger partial charge is 0.138 e. The predicted octanol–water partition coefficient (Wildman–Crippen LogP) is 0.891. The van der Waals surface area contributed by atoms with Gasteiger partial charge in [0.05, 0.1) is 19.3 Å².